The summed E-state index contributed by atoms with van der Waals surface area (Å²) in [5, 5.41) is 0.755. The minimum Gasteiger partial charge on any atom is -0.0843 e. The normalized spacial score (nSPS) is 10.1. The Bertz CT molecular complexity index is 374. The molecule has 0 aromatic heterocycles. The van der Waals surface area contributed by atoms with Gasteiger partial charge < -0.3 is 0 Å². The zero-order valence-electron chi connectivity index (χ0n) is 7.30. The lowest BCUT2D eigenvalue weighted by Crippen LogP contribution is -1.76. The Hall–Kier alpha value is -0.790. The van der Waals surface area contributed by atoms with Crippen LogP contribution >= 0.6 is 27.5 Å². The first kappa shape index (κ1) is 9.75. The third-order valence-corrected chi connectivity index (χ3v) is 2.68. The fraction of sp³-hybridized carbons (Fsp3) is 0. The first-order chi connectivity index (χ1) is 6.75. The Morgan fingerprint density at radius 2 is 1.71 bits per heavy atom. The minimum absolute atomic E-state index is 0.755. The van der Waals surface area contributed by atoms with Gasteiger partial charge in [-0.2, -0.15) is 0 Å². The lowest BCUT2D eigenvalue weighted by Gasteiger charge is -2.00. The van der Waals surface area contributed by atoms with Crippen LogP contribution in [0.4, 0.5) is 0 Å². The van der Waals surface area contributed by atoms with Crippen LogP contribution in [-0.4, -0.2) is 0 Å². The van der Waals surface area contributed by atoms with Crippen LogP contribution in [0.2, 0.25) is 5.02 Å². The third-order valence-electron chi connectivity index (χ3n) is 1.93. The minimum atomic E-state index is 0.755. The fourth-order valence-electron chi connectivity index (χ4n) is 1.21. The number of halogens is 2. The van der Waals surface area contributed by atoms with Crippen molar-refractivity contribution in [3.63, 3.8) is 0 Å². The van der Waals surface area contributed by atoms with Gasteiger partial charge in [0.1, 0.15) is 0 Å². The van der Waals surface area contributed by atoms with Crippen molar-refractivity contribution in [1.82, 2.24) is 0 Å². The van der Waals surface area contributed by atoms with E-state index >= 15 is 0 Å². The largest absolute Gasteiger partial charge is 0.0843 e. The smallest absolute Gasteiger partial charge is 0.0406 e. The fourth-order valence-corrected chi connectivity index (χ4v) is 1.59. The predicted molar refractivity (Wildman–Crippen MR) is 63.4 cm³/mol. The van der Waals surface area contributed by atoms with Crippen molar-refractivity contribution in [3.05, 3.63) is 58.0 Å². The molecule has 0 aliphatic carbocycles. The van der Waals surface area contributed by atoms with E-state index in [4.69, 9.17) is 11.6 Å². The molecule has 0 aliphatic heterocycles. The van der Waals surface area contributed by atoms with Gasteiger partial charge in [0, 0.05) is 9.50 Å². The van der Waals surface area contributed by atoms with Crippen molar-refractivity contribution in [2.45, 2.75) is 0 Å². The van der Waals surface area contributed by atoms with E-state index in [1.54, 1.807) is 0 Å². The molecule has 0 saturated carbocycles. The Morgan fingerprint density at radius 1 is 1.00 bits per heavy atom. The summed E-state index contributed by atoms with van der Waals surface area (Å²) in [6.45, 7) is 0. The van der Waals surface area contributed by atoms with Gasteiger partial charge in [0.15, 0.2) is 0 Å². The summed E-state index contributed by atoms with van der Waals surface area (Å²) in [5.74, 6) is 0. The highest BCUT2D eigenvalue weighted by molar-refractivity contribution is 9.10. The second kappa shape index (κ2) is 4.16. The first-order valence-electron chi connectivity index (χ1n) is 4.19. The van der Waals surface area contributed by atoms with Crippen LogP contribution in [0.1, 0.15) is 0 Å². The van der Waals surface area contributed by atoms with Crippen LogP contribution in [0.25, 0.3) is 11.1 Å². The average molecular weight is 267 g/mol. The molecule has 2 rings (SSSR count). The molecule has 0 amide bonds. The van der Waals surface area contributed by atoms with E-state index in [0.29, 0.717) is 0 Å². The van der Waals surface area contributed by atoms with Crippen LogP contribution in [0.5, 0.6) is 0 Å². The maximum atomic E-state index is 5.81. The molecule has 0 atom stereocenters. The van der Waals surface area contributed by atoms with Crippen LogP contribution < -0.4 is 0 Å². The third kappa shape index (κ3) is 2.17. The summed E-state index contributed by atoms with van der Waals surface area (Å²) in [4.78, 5) is 0. The summed E-state index contributed by atoms with van der Waals surface area (Å²) in [6, 6.07) is 16.9. The summed E-state index contributed by atoms with van der Waals surface area (Å²) in [6.07, 6.45) is 0. The van der Waals surface area contributed by atoms with Gasteiger partial charge in [-0.1, -0.05) is 45.7 Å². The Balaban J connectivity index is 2.40. The highest BCUT2D eigenvalue weighted by Crippen LogP contribution is 2.22. The highest BCUT2D eigenvalue weighted by Gasteiger charge is 1.97. The van der Waals surface area contributed by atoms with Crippen molar-refractivity contribution in [2.75, 3.05) is 0 Å². The summed E-state index contributed by atoms with van der Waals surface area (Å²) >= 11 is 9.18. The molecule has 2 heteroatoms. The predicted octanol–water partition coefficient (Wildman–Crippen LogP) is 4.57. The van der Waals surface area contributed by atoms with E-state index in [1.807, 2.05) is 42.5 Å². The molecule has 2 aromatic rings. The van der Waals surface area contributed by atoms with Crippen molar-refractivity contribution < 1.29 is 0 Å². The second-order valence-corrected chi connectivity index (χ2v) is 4.28. The molecule has 0 unspecified atom stereocenters. The number of hydrogen-bond donors (Lipinski definition) is 0. The molecule has 0 nitrogen and oxygen atoms in total. The molecular formula is C12H7BrCl. The van der Waals surface area contributed by atoms with Crippen LogP contribution in [-0.2, 0) is 0 Å². The van der Waals surface area contributed by atoms with Crippen molar-refractivity contribution in [1.29, 1.82) is 0 Å². The van der Waals surface area contributed by atoms with Crippen molar-refractivity contribution in [2.24, 2.45) is 0 Å². The molecule has 0 N–H and O–H groups in total. The van der Waals surface area contributed by atoms with E-state index < -0.39 is 0 Å². The van der Waals surface area contributed by atoms with Gasteiger partial charge in [-0.05, 0) is 41.5 Å². The van der Waals surface area contributed by atoms with E-state index in [-0.39, 0.29) is 0 Å². The number of rotatable bonds is 1. The van der Waals surface area contributed by atoms with Crippen molar-refractivity contribution in [3.8, 4) is 11.1 Å². The van der Waals surface area contributed by atoms with E-state index in [9.17, 15) is 0 Å². The summed E-state index contributed by atoms with van der Waals surface area (Å²) < 4.78 is 1.04. The van der Waals surface area contributed by atoms with E-state index in [1.165, 1.54) is 0 Å². The Labute approximate surface area is 96.7 Å². The van der Waals surface area contributed by atoms with Gasteiger partial charge in [0.05, 0.1) is 0 Å². The van der Waals surface area contributed by atoms with Gasteiger partial charge in [-0.25, -0.2) is 0 Å². The Kier molecular flexibility index (Phi) is 2.90. The zero-order valence-corrected chi connectivity index (χ0v) is 9.64. The number of benzene rings is 2. The SMILES string of the molecule is Clc1ccc(-c2[c]cc(Br)cc2)cc1. The molecule has 0 aliphatic rings. The standard InChI is InChI=1S/C12H7BrCl/c13-11-5-1-9(2-6-11)10-3-7-12(14)8-4-10/h1,3-8H. The monoisotopic (exact) mass is 265 g/mol. The first-order valence-corrected chi connectivity index (χ1v) is 5.36. The molecule has 0 heterocycles. The molecule has 0 bridgehead atoms. The lowest BCUT2D eigenvalue weighted by molar-refractivity contribution is 1.58. The van der Waals surface area contributed by atoms with Gasteiger partial charge in [0.2, 0.25) is 0 Å². The van der Waals surface area contributed by atoms with E-state index in [2.05, 4.69) is 22.0 Å². The van der Waals surface area contributed by atoms with Crippen LogP contribution in [0, 0.1) is 6.07 Å². The number of hydrogen-bond acceptors (Lipinski definition) is 0. The van der Waals surface area contributed by atoms with Gasteiger partial charge in [-0.15, -0.1) is 0 Å². The molecule has 1 radical (unpaired) electrons. The Morgan fingerprint density at radius 3 is 2.29 bits per heavy atom. The zero-order chi connectivity index (χ0) is 9.97. The van der Waals surface area contributed by atoms with Gasteiger partial charge in [-0.3, -0.25) is 0 Å². The topological polar surface area (TPSA) is 0 Å². The summed E-state index contributed by atoms with van der Waals surface area (Å²) in [5.41, 5.74) is 2.20. The lowest BCUT2D eigenvalue weighted by atomic mass is 10.1. The maximum Gasteiger partial charge on any atom is 0.0406 e. The quantitative estimate of drug-likeness (QED) is 0.709. The summed E-state index contributed by atoms with van der Waals surface area (Å²) in [7, 11) is 0. The molecule has 14 heavy (non-hydrogen) atoms. The molecule has 0 fully saturated rings. The molecule has 0 spiro atoms. The molecular weight excluding hydrogens is 259 g/mol. The van der Waals surface area contributed by atoms with E-state index in [0.717, 1.165) is 20.6 Å². The van der Waals surface area contributed by atoms with Gasteiger partial charge in [0.25, 0.3) is 0 Å². The second-order valence-electron chi connectivity index (χ2n) is 2.93. The molecule has 69 valence electrons. The highest BCUT2D eigenvalue weighted by atomic mass is 79.9. The molecule has 0 saturated heterocycles. The van der Waals surface area contributed by atoms with Crippen LogP contribution in [0.15, 0.2) is 46.9 Å². The maximum absolute atomic E-state index is 5.81. The van der Waals surface area contributed by atoms with Crippen molar-refractivity contribution >= 4 is 27.5 Å². The van der Waals surface area contributed by atoms with Gasteiger partial charge >= 0.3 is 0 Å². The average Bonchev–Trinajstić information content (AvgIpc) is 2.21. The molecule has 2 aromatic carbocycles. The van der Waals surface area contributed by atoms with Crippen LogP contribution in [0.3, 0.4) is 0 Å².